The van der Waals surface area contributed by atoms with Gasteiger partial charge in [-0.3, -0.25) is 4.79 Å². The lowest BCUT2D eigenvalue weighted by molar-refractivity contribution is -0.157. The molecular weight excluding hydrogens is 438 g/mol. The zero-order chi connectivity index (χ0) is 21.1. The third-order valence-electron chi connectivity index (χ3n) is 3.92. The van der Waals surface area contributed by atoms with E-state index in [1.807, 2.05) is 57.2 Å². The third kappa shape index (κ3) is 6.74. The second-order valence-electron chi connectivity index (χ2n) is 8.80. The molecule has 0 aliphatic carbocycles. The molecule has 0 aliphatic heterocycles. The maximum Gasteiger partial charge on any atom is 0.329 e. The molecule has 0 aliphatic rings. The van der Waals surface area contributed by atoms with Gasteiger partial charge in [0, 0.05) is 15.8 Å². The number of esters is 1. The molecule has 0 bridgehead atoms. The van der Waals surface area contributed by atoms with Gasteiger partial charge in [-0.2, -0.15) is 0 Å². The van der Waals surface area contributed by atoms with Gasteiger partial charge in [0.2, 0.25) is 0 Å². The van der Waals surface area contributed by atoms with Crippen molar-refractivity contribution in [3.8, 4) is 0 Å². The van der Waals surface area contributed by atoms with Crippen molar-refractivity contribution in [2.24, 2.45) is 0 Å². The molecule has 0 saturated heterocycles. The molecule has 1 unspecified atom stereocenters. The first kappa shape index (κ1) is 22.6. The van der Waals surface area contributed by atoms with Crippen molar-refractivity contribution in [1.29, 1.82) is 0 Å². The number of amides is 1. The number of benzene rings is 1. The summed E-state index contributed by atoms with van der Waals surface area (Å²) in [4.78, 5) is 27.2. The monoisotopic (exact) mass is 465 g/mol. The highest BCUT2D eigenvalue weighted by atomic mass is 79.9. The molecule has 2 aromatic rings. The van der Waals surface area contributed by atoms with E-state index in [0.29, 0.717) is 11.3 Å². The number of ether oxygens (including phenoxy) is 1. The quantitative estimate of drug-likeness (QED) is 0.593. The summed E-state index contributed by atoms with van der Waals surface area (Å²) in [6.07, 6.45) is 0.367. The second-order valence-corrected chi connectivity index (χ2v) is 10.8. The summed E-state index contributed by atoms with van der Waals surface area (Å²) in [5.74, 6) is -0.690. The smallest absolute Gasteiger partial charge is 0.329 e. The maximum atomic E-state index is 12.8. The molecule has 1 aromatic heterocycles. The molecule has 1 atom stereocenters. The molecule has 0 fully saturated rings. The number of carbonyl (C=O) groups excluding carboxylic acids is 2. The number of thiophene rings is 1. The average molecular weight is 466 g/mol. The molecule has 1 amide bonds. The number of rotatable bonds is 5. The van der Waals surface area contributed by atoms with Crippen molar-refractivity contribution < 1.29 is 14.3 Å². The minimum absolute atomic E-state index is 0.0226. The van der Waals surface area contributed by atoms with Crippen LogP contribution in [0.1, 0.15) is 61.7 Å². The lowest BCUT2D eigenvalue weighted by Crippen LogP contribution is -2.45. The summed E-state index contributed by atoms with van der Waals surface area (Å²) in [6, 6.07) is 10.7. The molecule has 6 heteroatoms. The minimum atomic E-state index is -0.756. The van der Waals surface area contributed by atoms with Gasteiger partial charge in [0.1, 0.15) is 11.6 Å². The summed E-state index contributed by atoms with van der Waals surface area (Å²) < 4.78 is 6.49. The molecule has 1 N–H and O–H groups in total. The maximum absolute atomic E-state index is 12.8. The van der Waals surface area contributed by atoms with Crippen LogP contribution in [0.15, 0.2) is 40.9 Å². The van der Waals surface area contributed by atoms with Crippen molar-refractivity contribution in [3.05, 3.63) is 56.2 Å². The standard InChI is InChI=1S/C22H28BrNO3S/c1-21(2,3)18-12-11-17(28-18)19(25)24-16(20(26)27-22(4,5)6)13-14-7-9-15(23)10-8-14/h7-12,16H,13H2,1-6H3,(H,24,25). The van der Waals surface area contributed by atoms with E-state index >= 15 is 0 Å². The highest BCUT2D eigenvalue weighted by Gasteiger charge is 2.28. The van der Waals surface area contributed by atoms with Gasteiger partial charge >= 0.3 is 5.97 Å². The number of nitrogens with one attached hydrogen (secondary N) is 1. The summed E-state index contributed by atoms with van der Waals surface area (Å²) in [5.41, 5.74) is 0.300. The fourth-order valence-corrected chi connectivity index (χ4v) is 3.75. The number of hydrogen-bond acceptors (Lipinski definition) is 4. The Kier molecular flexibility index (Phi) is 7.10. The Hall–Kier alpha value is -1.66. The lowest BCUT2D eigenvalue weighted by atomic mass is 9.95. The van der Waals surface area contributed by atoms with E-state index in [0.717, 1.165) is 14.9 Å². The van der Waals surface area contributed by atoms with Crippen LogP contribution in [-0.2, 0) is 21.4 Å². The summed E-state index contributed by atoms with van der Waals surface area (Å²) >= 11 is 4.86. The first-order valence-electron chi connectivity index (χ1n) is 9.23. The zero-order valence-corrected chi connectivity index (χ0v) is 19.7. The van der Waals surface area contributed by atoms with Gasteiger partial charge < -0.3 is 10.1 Å². The largest absolute Gasteiger partial charge is 0.458 e. The lowest BCUT2D eigenvalue weighted by Gasteiger charge is -2.24. The van der Waals surface area contributed by atoms with Crippen LogP contribution in [0, 0.1) is 0 Å². The molecule has 152 valence electrons. The van der Waals surface area contributed by atoms with Gasteiger partial charge in [-0.05, 0) is 56.0 Å². The molecule has 2 rings (SSSR count). The Morgan fingerprint density at radius 3 is 2.14 bits per heavy atom. The highest BCUT2D eigenvalue weighted by Crippen LogP contribution is 2.29. The van der Waals surface area contributed by atoms with Crippen molar-refractivity contribution in [2.75, 3.05) is 0 Å². The molecule has 1 heterocycles. The van der Waals surface area contributed by atoms with Crippen LogP contribution in [0.25, 0.3) is 0 Å². The van der Waals surface area contributed by atoms with Crippen LogP contribution >= 0.6 is 27.3 Å². The zero-order valence-electron chi connectivity index (χ0n) is 17.3. The van der Waals surface area contributed by atoms with Gasteiger partial charge in [0.25, 0.3) is 5.91 Å². The predicted octanol–water partition coefficient (Wildman–Crippen LogP) is 5.49. The highest BCUT2D eigenvalue weighted by molar-refractivity contribution is 9.10. The van der Waals surface area contributed by atoms with E-state index in [1.165, 1.54) is 11.3 Å². The fourth-order valence-electron chi connectivity index (χ4n) is 2.51. The van der Waals surface area contributed by atoms with Gasteiger partial charge in [0.15, 0.2) is 0 Å². The van der Waals surface area contributed by atoms with Crippen LogP contribution in [-0.4, -0.2) is 23.5 Å². The SMILES string of the molecule is CC(C)(C)OC(=O)C(Cc1ccc(Br)cc1)NC(=O)c1ccc(C(C)(C)C)s1. The van der Waals surface area contributed by atoms with Crippen LogP contribution in [0.2, 0.25) is 0 Å². The first-order chi connectivity index (χ1) is 12.8. The average Bonchev–Trinajstić information content (AvgIpc) is 3.05. The predicted molar refractivity (Wildman–Crippen MR) is 118 cm³/mol. The normalized spacial score (nSPS) is 13.1. The van der Waals surface area contributed by atoms with E-state index in [2.05, 4.69) is 42.0 Å². The summed E-state index contributed by atoms with van der Waals surface area (Å²) in [6.45, 7) is 11.8. The number of carbonyl (C=O) groups is 2. The van der Waals surface area contributed by atoms with Crippen LogP contribution in [0.3, 0.4) is 0 Å². The van der Waals surface area contributed by atoms with Gasteiger partial charge in [-0.25, -0.2) is 4.79 Å². The van der Waals surface area contributed by atoms with E-state index in [4.69, 9.17) is 4.74 Å². The van der Waals surface area contributed by atoms with Crippen LogP contribution < -0.4 is 5.32 Å². The topological polar surface area (TPSA) is 55.4 Å². The number of halogens is 1. The van der Waals surface area contributed by atoms with Crippen LogP contribution in [0.5, 0.6) is 0 Å². The second kappa shape index (κ2) is 8.78. The first-order valence-corrected chi connectivity index (χ1v) is 10.8. The van der Waals surface area contributed by atoms with E-state index in [9.17, 15) is 9.59 Å². The Morgan fingerprint density at radius 2 is 1.64 bits per heavy atom. The van der Waals surface area contributed by atoms with Gasteiger partial charge in [-0.15, -0.1) is 11.3 Å². The Bertz CT molecular complexity index is 829. The van der Waals surface area contributed by atoms with Crippen molar-refractivity contribution >= 4 is 39.1 Å². The minimum Gasteiger partial charge on any atom is -0.458 e. The molecule has 4 nitrogen and oxygen atoms in total. The van der Waals surface area contributed by atoms with E-state index in [1.54, 1.807) is 0 Å². The Labute approximate surface area is 179 Å². The van der Waals surface area contributed by atoms with Gasteiger partial charge in [0.05, 0.1) is 4.88 Å². The Morgan fingerprint density at radius 1 is 1.04 bits per heavy atom. The third-order valence-corrected chi connectivity index (χ3v) is 5.96. The molecule has 1 aromatic carbocycles. The van der Waals surface area contributed by atoms with E-state index in [-0.39, 0.29) is 11.3 Å². The Balaban J connectivity index is 2.20. The van der Waals surface area contributed by atoms with Crippen molar-refractivity contribution in [2.45, 2.75) is 65.0 Å². The van der Waals surface area contributed by atoms with E-state index < -0.39 is 17.6 Å². The fraction of sp³-hybridized carbons (Fsp3) is 0.455. The summed E-state index contributed by atoms with van der Waals surface area (Å²) in [7, 11) is 0. The summed E-state index contributed by atoms with van der Waals surface area (Å²) in [5, 5.41) is 2.87. The molecule has 28 heavy (non-hydrogen) atoms. The van der Waals surface area contributed by atoms with Crippen LogP contribution in [0.4, 0.5) is 0 Å². The molecule has 0 spiro atoms. The molecular formula is C22H28BrNO3S. The van der Waals surface area contributed by atoms with Crippen molar-refractivity contribution in [3.63, 3.8) is 0 Å². The van der Waals surface area contributed by atoms with Crippen molar-refractivity contribution in [1.82, 2.24) is 5.32 Å². The molecule has 0 saturated carbocycles. The van der Waals surface area contributed by atoms with Gasteiger partial charge in [-0.1, -0.05) is 48.8 Å². The number of hydrogen-bond donors (Lipinski definition) is 1. The molecule has 0 radical (unpaired) electrons.